The Morgan fingerprint density at radius 1 is 1.17 bits per heavy atom. The van der Waals surface area contributed by atoms with Crippen LogP contribution in [0.3, 0.4) is 0 Å². The Balaban J connectivity index is 2.13. The Morgan fingerprint density at radius 2 is 1.94 bits per heavy atom. The van der Waals surface area contributed by atoms with E-state index >= 15 is 0 Å². The summed E-state index contributed by atoms with van der Waals surface area (Å²) in [5.74, 6) is 0.967. The first-order chi connectivity index (χ1) is 8.66. The van der Waals surface area contributed by atoms with Crippen molar-refractivity contribution in [1.29, 1.82) is 5.41 Å². The zero-order valence-corrected chi connectivity index (χ0v) is 11.1. The molecular formula is C15H16N2S. The van der Waals surface area contributed by atoms with Gasteiger partial charge in [-0.25, -0.2) is 0 Å². The molecule has 0 heterocycles. The van der Waals surface area contributed by atoms with Crippen LogP contribution in [0.5, 0.6) is 0 Å². The van der Waals surface area contributed by atoms with Crippen molar-refractivity contribution in [3.63, 3.8) is 0 Å². The molecule has 0 fully saturated rings. The van der Waals surface area contributed by atoms with E-state index in [2.05, 4.69) is 31.2 Å². The third-order valence-electron chi connectivity index (χ3n) is 2.69. The molecule has 0 aliphatic carbocycles. The average molecular weight is 256 g/mol. The van der Waals surface area contributed by atoms with Gasteiger partial charge in [-0.3, -0.25) is 5.41 Å². The van der Waals surface area contributed by atoms with Gasteiger partial charge in [0.1, 0.15) is 5.84 Å². The number of nitrogen functional groups attached to an aromatic ring is 1. The predicted octanol–water partition coefficient (Wildman–Crippen LogP) is 3.57. The Bertz CT molecular complexity index is 564. The van der Waals surface area contributed by atoms with Gasteiger partial charge in [-0.1, -0.05) is 42.0 Å². The summed E-state index contributed by atoms with van der Waals surface area (Å²) in [6.07, 6.45) is 0. The third-order valence-corrected chi connectivity index (χ3v) is 3.73. The van der Waals surface area contributed by atoms with Crippen LogP contribution in [-0.2, 0) is 5.75 Å². The summed E-state index contributed by atoms with van der Waals surface area (Å²) < 4.78 is 0. The minimum absolute atomic E-state index is 0.135. The predicted molar refractivity (Wildman–Crippen MR) is 78.2 cm³/mol. The van der Waals surface area contributed by atoms with Crippen LogP contribution in [0, 0.1) is 12.3 Å². The lowest BCUT2D eigenvalue weighted by atomic mass is 10.1. The lowest BCUT2D eigenvalue weighted by Crippen LogP contribution is -2.13. The maximum atomic E-state index is 7.56. The highest BCUT2D eigenvalue weighted by Crippen LogP contribution is 2.24. The number of nitrogens with two attached hydrogens (primary N) is 1. The minimum atomic E-state index is 0.135. The lowest BCUT2D eigenvalue weighted by Gasteiger charge is -2.08. The molecule has 0 saturated carbocycles. The lowest BCUT2D eigenvalue weighted by molar-refractivity contribution is 1.32. The van der Waals surface area contributed by atoms with Crippen LogP contribution in [0.15, 0.2) is 53.4 Å². The molecule has 92 valence electrons. The molecule has 0 bridgehead atoms. The summed E-state index contributed by atoms with van der Waals surface area (Å²) in [6, 6.07) is 16.3. The molecular weight excluding hydrogens is 240 g/mol. The van der Waals surface area contributed by atoms with E-state index < -0.39 is 0 Å². The van der Waals surface area contributed by atoms with E-state index in [4.69, 9.17) is 11.1 Å². The van der Waals surface area contributed by atoms with Gasteiger partial charge in [0.2, 0.25) is 0 Å². The zero-order valence-electron chi connectivity index (χ0n) is 10.3. The van der Waals surface area contributed by atoms with E-state index in [0.29, 0.717) is 0 Å². The zero-order chi connectivity index (χ0) is 13.0. The molecule has 0 spiro atoms. The molecule has 0 aliphatic heterocycles. The van der Waals surface area contributed by atoms with Crippen LogP contribution in [0.25, 0.3) is 0 Å². The second-order valence-electron chi connectivity index (χ2n) is 4.18. The van der Waals surface area contributed by atoms with Crippen molar-refractivity contribution in [3.05, 3.63) is 65.2 Å². The SMILES string of the molecule is Cc1cccc(SCc2ccccc2C(=N)N)c1. The highest BCUT2D eigenvalue weighted by Gasteiger charge is 2.04. The molecule has 0 aliphatic rings. The topological polar surface area (TPSA) is 49.9 Å². The average Bonchev–Trinajstić information content (AvgIpc) is 2.37. The van der Waals surface area contributed by atoms with Gasteiger partial charge in [0.15, 0.2) is 0 Å². The molecule has 18 heavy (non-hydrogen) atoms. The number of rotatable bonds is 4. The molecule has 0 radical (unpaired) electrons. The summed E-state index contributed by atoms with van der Waals surface area (Å²) in [5.41, 5.74) is 8.78. The van der Waals surface area contributed by atoms with Crippen molar-refractivity contribution in [1.82, 2.24) is 0 Å². The van der Waals surface area contributed by atoms with Crippen LogP contribution in [0.1, 0.15) is 16.7 Å². The van der Waals surface area contributed by atoms with Crippen LogP contribution in [0.2, 0.25) is 0 Å². The second-order valence-corrected chi connectivity index (χ2v) is 5.22. The highest BCUT2D eigenvalue weighted by atomic mass is 32.2. The first-order valence-electron chi connectivity index (χ1n) is 5.78. The number of hydrogen-bond donors (Lipinski definition) is 2. The van der Waals surface area contributed by atoms with Crippen molar-refractivity contribution in [2.45, 2.75) is 17.6 Å². The number of nitrogens with one attached hydrogen (secondary N) is 1. The smallest absolute Gasteiger partial charge is 0.123 e. The quantitative estimate of drug-likeness (QED) is 0.499. The molecule has 2 rings (SSSR count). The molecule has 3 N–H and O–H groups in total. The van der Waals surface area contributed by atoms with Gasteiger partial charge in [0, 0.05) is 16.2 Å². The van der Waals surface area contributed by atoms with E-state index in [1.54, 1.807) is 11.8 Å². The Labute approximate surface area is 112 Å². The normalized spacial score (nSPS) is 10.3. The number of thioether (sulfide) groups is 1. The van der Waals surface area contributed by atoms with Crippen LogP contribution >= 0.6 is 11.8 Å². The minimum Gasteiger partial charge on any atom is -0.384 e. The number of amidine groups is 1. The standard InChI is InChI=1S/C15H16N2S/c1-11-5-4-7-13(9-11)18-10-12-6-2-3-8-14(12)15(16)17/h2-9H,10H2,1H3,(H3,16,17). The van der Waals surface area contributed by atoms with E-state index in [1.165, 1.54) is 10.5 Å². The number of benzene rings is 2. The summed E-state index contributed by atoms with van der Waals surface area (Å²) in [7, 11) is 0. The Kier molecular flexibility index (Phi) is 4.05. The fourth-order valence-corrected chi connectivity index (χ4v) is 2.79. The molecule has 0 aromatic heterocycles. The summed E-state index contributed by atoms with van der Waals surface area (Å²) in [4.78, 5) is 1.24. The summed E-state index contributed by atoms with van der Waals surface area (Å²) >= 11 is 1.77. The van der Waals surface area contributed by atoms with Crippen molar-refractivity contribution >= 4 is 17.6 Å². The monoisotopic (exact) mass is 256 g/mol. The molecule has 3 heteroatoms. The van der Waals surface area contributed by atoms with E-state index in [1.807, 2.05) is 24.3 Å². The van der Waals surface area contributed by atoms with Crippen molar-refractivity contribution < 1.29 is 0 Å². The summed E-state index contributed by atoms with van der Waals surface area (Å²) in [5, 5.41) is 7.56. The molecule has 2 aromatic carbocycles. The summed E-state index contributed by atoms with van der Waals surface area (Å²) in [6.45, 7) is 2.09. The molecule has 0 saturated heterocycles. The largest absolute Gasteiger partial charge is 0.384 e. The number of aryl methyl sites for hydroxylation is 1. The van der Waals surface area contributed by atoms with Gasteiger partial charge in [0.25, 0.3) is 0 Å². The van der Waals surface area contributed by atoms with Crippen LogP contribution in [-0.4, -0.2) is 5.84 Å². The van der Waals surface area contributed by atoms with Crippen molar-refractivity contribution in [3.8, 4) is 0 Å². The van der Waals surface area contributed by atoms with Gasteiger partial charge < -0.3 is 5.73 Å². The first-order valence-corrected chi connectivity index (χ1v) is 6.77. The molecule has 0 atom stereocenters. The van der Waals surface area contributed by atoms with Gasteiger partial charge in [0.05, 0.1) is 0 Å². The Hall–Kier alpha value is -1.74. The van der Waals surface area contributed by atoms with Crippen LogP contribution in [0.4, 0.5) is 0 Å². The molecule has 0 amide bonds. The fraction of sp³-hybridized carbons (Fsp3) is 0.133. The van der Waals surface area contributed by atoms with E-state index in [0.717, 1.165) is 16.9 Å². The maximum Gasteiger partial charge on any atom is 0.123 e. The molecule has 0 unspecified atom stereocenters. The van der Waals surface area contributed by atoms with Gasteiger partial charge in [-0.2, -0.15) is 0 Å². The molecule has 2 aromatic rings. The van der Waals surface area contributed by atoms with Crippen molar-refractivity contribution in [2.24, 2.45) is 5.73 Å². The van der Waals surface area contributed by atoms with E-state index in [9.17, 15) is 0 Å². The van der Waals surface area contributed by atoms with Gasteiger partial charge >= 0.3 is 0 Å². The van der Waals surface area contributed by atoms with Gasteiger partial charge in [-0.15, -0.1) is 11.8 Å². The highest BCUT2D eigenvalue weighted by molar-refractivity contribution is 7.98. The van der Waals surface area contributed by atoms with Crippen LogP contribution < -0.4 is 5.73 Å². The Morgan fingerprint density at radius 3 is 2.67 bits per heavy atom. The maximum absolute atomic E-state index is 7.56. The number of hydrogen-bond acceptors (Lipinski definition) is 2. The third kappa shape index (κ3) is 3.14. The van der Waals surface area contributed by atoms with Crippen molar-refractivity contribution in [2.75, 3.05) is 0 Å². The first kappa shape index (κ1) is 12.7. The molecule has 2 nitrogen and oxygen atoms in total. The van der Waals surface area contributed by atoms with E-state index in [-0.39, 0.29) is 5.84 Å². The fourth-order valence-electron chi connectivity index (χ4n) is 1.78. The second kappa shape index (κ2) is 5.74. The van der Waals surface area contributed by atoms with Gasteiger partial charge in [-0.05, 0) is 24.6 Å².